The molecule has 1 aromatic rings. The molecule has 6 rings (SSSR count). The number of carbonyl (C=O) groups excluding carboxylic acids is 2. The maximum Gasteiger partial charge on any atom is 0.231 e. The Hall–Kier alpha value is -2.64. The maximum absolute atomic E-state index is 14.1. The largest absolute Gasteiger partial charge is 0.454 e. The zero-order chi connectivity index (χ0) is 26.2. The van der Waals surface area contributed by atoms with Crippen molar-refractivity contribution in [3.63, 3.8) is 0 Å². The standard InChI is InChI=1S/C30H37NO6/c1-17-13-29-14-30(17,35)10-8-22(29)20-5-6-21(18(2)33)28(3,15-32)25(20)26(29)27(34)31-11-9-19-4-7-23-24(12-19)37-16-36-23/h4-5,7,12,15,18,21-22,25-26,33,35H,1,6,8-11,13-14,16H2,2-3H3,(H,31,34). The first-order valence-corrected chi connectivity index (χ1v) is 13.5. The van der Waals surface area contributed by atoms with Crippen LogP contribution in [0.2, 0.25) is 0 Å². The summed E-state index contributed by atoms with van der Waals surface area (Å²) in [5.74, 6) is 0.476. The fraction of sp³-hybridized carbons (Fsp3) is 0.600. The van der Waals surface area contributed by atoms with Gasteiger partial charge in [-0.25, -0.2) is 0 Å². The Labute approximate surface area is 217 Å². The lowest BCUT2D eigenvalue weighted by molar-refractivity contribution is -0.139. The van der Waals surface area contributed by atoms with Gasteiger partial charge in [-0.15, -0.1) is 0 Å². The van der Waals surface area contributed by atoms with Gasteiger partial charge in [-0.05, 0) is 80.1 Å². The summed E-state index contributed by atoms with van der Waals surface area (Å²) in [6.07, 6.45) is 6.29. The van der Waals surface area contributed by atoms with Gasteiger partial charge in [0.15, 0.2) is 11.5 Å². The van der Waals surface area contributed by atoms with E-state index in [1.807, 2.05) is 25.1 Å². The molecule has 1 aliphatic heterocycles. The van der Waals surface area contributed by atoms with E-state index in [4.69, 9.17) is 9.47 Å². The summed E-state index contributed by atoms with van der Waals surface area (Å²) < 4.78 is 10.9. The van der Waals surface area contributed by atoms with Gasteiger partial charge in [-0.1, -0.05) is 31.2 Å². The second-order valence-corrected chi connectivity index (χ2v) is 12.3. The smallest absolute Gasteiger partial charge is 0.231 e. The van der Waals surface area contributed by atoms with Gasteiger partial charge in [0.25, 0.3) is 0 Å². The van der Waals surface area contributed by atoms with Crippen LogP contribution in [0.25, 0.3) is 0 Å². The molecule has 8 atom stereocenters. The van der Waals surface area contributed by atoms with E-state index in [1.54, 1.807) is 6.92 Å². The molecule has 8 unspecified atom stereocenters. The highest BCUT2D eigenvalue weighted by Crippen LogP contribution is 2.73. The van der Waals surface area contributed by atoms with Crippen LogP contribution in [0.4, 0.5) is 0 Å². The Kier molecular flexibility index (Phi) is 5.63. The number of carbonyl (C=O) groups is 2. The van der Waals surface area contributed by atoms with Crippen LogP contribution in [-0.2, 0) is 16.0 Å². The Morgan fingerprint density at radius 3 is 2.86 bits per heavy atom. The molecule has 2 bridgehead atoms. The molecule has 3 N–H and O–H groups in total. The summed E-state index contributed by atoms with van der Waals surface area (Å²) >= 11 is 0. The quantitative estimate of drug-likeness (QED) is 0.403. The molecule has 0 saturated heterocycles. The number of amides is 1. The lowest BCUT2D eigenvalue weighted by Gasteiger charge is -2.46. The molecule has 7 nitrogen and oxygen atoms in total. The van der Waals surface area contributed by atoms with Crippen molar-refractivity contribution >= 4 is 12.2 Å². The van der Waals surface area contributed by atoms with E-state index in [2.05, 4.69) is 18.0 Å². The molecule has 1 aromatic carbocycles. The third-order valence-electron chi connectivity index (χ3n) is 10.4. The zero-order valence-electron chi connectivity index (χ0n) is 21.7. The Morgan fingerprint density at radius 1 is 1.32 bits per heavy atom. The molecular formula is C30H37NO6. The minimum Gasteiger partial charge on any atom is -0.454 e. The average Bonchev–Trinajstić information content (AvgIpc) is 3.49. The molecule has 37 heavy (non-hydrogen) atoms. The molecule has 4 aliphatic carbocycles. The highest BCUT2D eigenvalue weighted by molar-refractivity contribution is 5.83. The highest BCUT2D eigenvalue weighted by Gasteiger charge is 2.71. The zero-order valence-corrected chi connectivity index (χ0v) is 21.7. The van der Waals surface area contributed by atoms with E-state index in [0.717, 1.165) is 35.3 Å². The summed E-state index contributed by atoms with van der Waals surface area (Å²) in [6, 6.07) is 5.81. The Bertz CT molecular complexity index is 1190. The predicted molar refractivity (Wildman–Crippen MR) is 137 cm³/mol. The number of ether oxygens (including phenoxy) is 2. The van der Waals surface area contributed by atoms with Gasteiger partial charge in [-0.2, -0.15) is 0 Å². The van der Waals surface area contributed by atoms with Crippen LogP contribution in [0.15, 0.2) is 42.0 Å². The van der Waals surface area contributed by atoms with Crippen molar-refractivity contribution in [3.05, 3.63) is 47.6 Å². The minimum absolute atomic E-state index is 0.0718. The molecule has 0 radical (unpaired) electrons. The van der Waals surface area contributed by atoms with Crippen LogP contribution in [0.3, 0.4) is 0 Å². The number of rotatable bonds is 6. The molecular weight excluding hydrogens is 470 g/mol. The summed E-state index contributed by atoms with van der Waals surface area (Å²) in [6.45, 7) is 8.56. The topological polar surface area (TPSA) is 105 Å². The maximum atomic E-state index is 14.1. The van der Waals surface area contributed by atoms with Crippen molar-refractivity contribution in [1.82, 2.24) is 5.32 Å². The number of fused-ring (bicyclic) bond motifs is 4. The van der Waals surface area contributed by atoms with Crippen LogP contribution in [0, 0.1) is 34.5 Å². The molecule has 1 heterocycles. The van der Waals surface area contributed by atoms with Crippen molar-refractivity contribution in [2.75, 3.05) is 13.3 Å². The van der Waals surface area contributed by atoms with Gasteiger partial charge in [-0.3, -0.25) is 4.79 Å². The van der Waals surface area contributed by atoms with Gasteiger partial charge in [0.1, 0.15) is 6.29 Å². The van der Waals surface area contributed by atoms with Gasteiger partial charge < -0.3 is 29.8 Å². The number of aliphatic hydroxyl groups is 2. The van der Waals surface area contributed by atoms with E-state index >= 15 is 0 Å². The minimum atomic E-state index is -0.948. The van der Waals surface area contributed by atoms with E-state index < -0.39 is 28.5 Å². The van der Waals surface area contributed by atoms with Crippen LogP contribution < -0.4 is 14.8 Å². The number of hydrogen-bond donors (Lipinski definition) is 3. The van der Waals surface area contributed by atoms with E-state index in [1.165, 1.54) is 5.57 Å². The predicted octanol–water partition coefficient (Wildman–Crippen LogP) is 3.33. The van der Waals surface area contributed by atoms with E-state index in [9.17, 15) is 19.8 Å². The first kappa shape index (κ1) is 24.7. The van der Waals surface area contributed by atoms with Crippen LogP contribution in [0.5, 0.6) is 11.5 Å². The van der Waals surface area contributed by atoms with Crippen molar-refractivity contribution in [3.8, 4) is 11.5 Å². The molecule has 3 saturated carbocycles. The fourth-order valence-corrected chi connectivity index (χ4v) is 8.71. The lowest BCUT2D eigenvalue weighted by Crippen LogP contribution is -2.51. The number of benzene rings is 1. The van der Waals surface area contributed by atoms with Gasteiger partial charge in [0, 0.05) is 23.8 Å². The van der Waals surface area contributed by atoms with Crippen molar-refractivity contribution in [1.29, 1.82) is 0 Å². The second-order valence-electron chi connectivity index (χ2n) is 12.3. The van der Waals surface area contributed by atoms with Gasteiger partial charge in [0.05, 0.1) is 17.6 Å². The number of hydrogen-bond acceptors (Lipinski definition) is 6. The first-order chi connectivity index (χ1) is 17.6. The van der Waals surface area contributed by atoms with Crippen LogP contribution in [0.1, 0.15) is 51.5 Å². The fourth-order valence-electron chi connectivity index (χ4n) is 8.71. The monoisotopic (exact) mass is 507 g/mol. The number of allylic oxidation sites excluding steroid dienone is 2. The normalized spacial score (nSPS) is 40.0. The molecule has 1 spiro atoms. The SMILES string of the molecule is C=C1CC23CC1(O)CCC2C1=CCC(C(C)O)C(C)(C=O)C1C3C(=O)NCCc1ccc2c(c1)OCO2. The van der Waals surface area contributed by atoms with Crippen LogP contribution >= 0.6 is 0 Å². The number of aldehydes is 1. The summed E-state index contributed by atoms with van der Waals surface area (Å²) in [7, 11) is 0. The summed E-state index contributed by atoms with van der Waals surface area (Å²) in [4.78, 5) is 26.9. The second kappa shape index (κ2) is 8.43. The molecule has 7 heteroatoms. The Balaban J connectivity index is 1.32. The highest BCUT2D eigenvalue weighted by atomic mass is 16.7. The Morgan fingerprint density at radius 2 is 2.11 bits per heavy atom. The van der Waals surface area contributed by atoms with E-state index in [0.29, 0.717) is 38.6 Å². The summed E-state index contributed by atoms with van der Waals surface area (Å²) in [5.41, 5.74) is 0.758. The molecule has 5 aliphatic rings. The third kappa shape index (κ3) is 3.46. The van der Waals surface area contributed by atoms with Crippen molar-refractivity contribution < 1.29 is 29.3 Å². The van der Waals surface area contributed by atoms with Gasteiger partial charge in [0.2, 0.25) is 12.7 Å². The number of aliphatic hydroxyl groups excluding tert-OH is 1. The van der Waals surface area contributed by atoms with Crippen molar-refractivity contribution in [2.24, 2.45) is 34.5 Å². The molecule has 1 amide bonds. The van der Waals surface area contributed by atoms with E-state index in [-0.39, 0.29) is 30.5 Å². The molecule has 3 fully saturated rings. The lowest BCUT2D eigenvalue weighted by atomic mass is 9.57. The number of nitrogens with one attached hydrogen (secondary N) is 1. The van der Waals surface area contributed by atoms with Crippen molar-refractivity contribution in [2.45, 2.75) is 64.1 Å². The van der Waals surface area contributed by atoms with Gasteiger partial charge >= 0.3 is 0 Å². The average molecular weight is 508 g/mol. The third-order valence-corrected chi connectivity index (χ3v) is 10.4. The van der Waals surface area contributed by atoms with Crippen LogP contribution in [-0.4, -0.2) is 47.4 Å². The molecule has 0 aromatic heterocycles. The summed E-state index contributed by atoms with van der Waals surface area (Å²) in [5, 5.41) is 25.2. The first-order valence-electron chi connectivity index (χ1n) is 13.5. The molecule has 198 valence electrons.